The van der Waals surface area contributed by atoms with Crippen molar-refractivity contribution in [3.05, 3.63) is 33.9 Å². The molecule has 0 saturated carbocycles. The number of rotatable bonds is 5. The second kappa shape index (κ2) is 5.68. The third-order valence-corrected chi connectivity index (χ3v) is 2.02. The Labute approximate surface area is 93.0 Å². The maximum absolute atomic E-state index is 10.7. The number of likely N-dealkylation sites (N-methyl/N-ethyl adjacent to an activating group) is 1. The van der Waals surface area contributed by atoms with Crippen molar-refractivity contribution in [1.82, 2.24) is 5.32 Å². The SMILES string of the molecule is CNCCNc1ccc(C#N)c([N+](=O)[O-])c1. The molecule has 0 aromatic heterocycles. The molecule has 0 heterocycles. The van der Waals surface area contributed by atoms with Crippen molar-refractivity contribution in [3.8, 4) is 6.07 Å². The molecule has 0 aliphatic carbocycles. The van der Waals surface area contributed by atoms with Crippen LogP contribution in [0.15, 0.2) is 18.2 Å². The molecule has 0 bridgehead atoms. The summed E-state index contributed by atoms with van der Waals surface area (Å²) >= 11 is 0. The molecule has 1 aromatic rings. The molecule has 6 nitrogen and oxygen atoms in total. The van der Waals surface area contributed by atoms with Gasteiger partial charge in [0.05, 0.1) is 4.92 Å². The zero-order valence-corrected chi connectivity index (χ0v) is 8.86. The van der Waals surface area contributed by atoms with Gasteiger partial charge in [0.1, 0.15) is 11.6 Å². The fourth-order valence-electron chi connectivity index (χ4n) is 1.22. The molecule has 0 spiro atoms. The average Bonchev–Trinajstić information content (AvgIpc) is 2.29. The molecule has 6 heteroatoms. The van der Waals surface area contributed by atoms with E-state index in [-0.39, 0.29) is 11.3 Å². The van der Waals surface area contributed by atoms with Crippen LogP contribution in [-0.4, -0.2) is 25.1 Å². The number of nitro groups is 1. The lowest BCUT2D eigenvalue weighted by Crippen LogP contribution is -2.17. The Hall–Kier alpha value is -2.13. The van der Waals surface area contributed by atoms with E-state index in [1.54, 1.807) is 12.1 Å². The van der Waals surface area contributed by atoms with Gasteiger partial charge in [0.25, 0.3) is 5.69 Å². The molecule has 0 atom stereocenters. The first-order chi connectivity index (χ1) is 7.69. The van der Waals surface area contributed by atoms with Crippen LogP contribution in [0.5, 0.6) is 0 Å². The van der Waals surface area contributed by atoms with Crippen molar-refractivity contribution < 1.29 is 4.92 Å². The molecule has 0 saturated heterocycles. The van der Waals surface area contributed by atoms with Gasteiger partial charge in [-0.2, -0.15) is 5.26 Å². The molecule has 0 aliphatic rings. The summed E-state index contributed by atoms with van der Waals surface area (Å²) in [6.07, 6.45) is 0. The van der Waals surface area contributed by atoms with E-state index in [0.29, 0.717) is 12.2 Å². The Balaban J connectivity index is 2.86. The quantitative estimate of drug-likeness (QED) is 0.440. The smallest absolute Gasteiger partial charge is 0.289 e. The maximum atomic E-state index is 10.7. The fourth-order valence-corrected chi connectivity index (χ4v) is 1.22. The zero-order chi connectivity index (χ0) is 12.0. The van der Waals surface area contributed by atoms with Crippen molar-refractivity contribution >= 4 is 11.4 Å². The van der Waals surface area contributed by atoms with Crippen molar-refractivity contribution in [1.29, 1.82) is 5.26 Å². The monoisotopic (exact) mass is 220 g/mol. The Morgan fingerprint density at radius 3 is 2.81 bits per heavy atom. The molecular weight excluding hydrogens is 208 g/mol. The first-order valence-corrected chi connectivity index (χ1v) is 4.76. The number of hydrogen-bond donors (Lipinski definition) is 2. The van der Waals surface area contributed by atoms with Crippen LogP contribution in [0, 0.1) is 21.4 Å². The van der Waals surface area contributed by atoms with Gasteiger partial charge in [-0.25, -0.2) is 0 Å². The van der Waals surface area contributed by atoms with Gasteiger partial charge in [0.2, 0.25) is 0 Å². The number of hydrogen-bond acceptors (Lipinski definition) is 5. The highest BCUT2D eigenvalue weighted by Gasteiger charge is 2.13. The van der Waals surface area contributed by atoms with E-state index in [4.69, 9.17) is 5.26 Å². The third-order valence-electron chi connectivity index (χ3n) is 2.02. The molecule has 0 radical (unpaired) electrons. The normalized spacial score (nSPS) is 9.50. The van der Waals surface area contributed by atoms with Crippen molar-refractivity contribution in [3.63, 3.8) is 0 Å². The van der Waals surface area contributed by atoms with Gasteiger partial charge in [-0.05, 0) is 19.2 Å². The standard InChI is InChI=1S/C10H12N4O2/c1-12-4-5-13-9-3-2-8(7-11)10(6-9)14(15)16/h2-3,6,12-13H,4-5H2,1H3. The molecule has 16 heavy (non-hydrogen) atoms. The van der Waals surface area contributed by atoms with E-state index >= 15 is 0 Å². The maximum Gasteiger partial charge on any atom is 0.289 e. The number of benzene rings is 1. The number of anilines is 1. The second-order valence-electron chi connectivity index (χ2n) is 3.13. The Morgan fingerprint density at radius 1 is 1.50 bits per heavy atom. The summed E-state index contributed by atoms with van der Waals surface area (Å²) < 4.78 is 0. The van der Waals surface area contributed by atoms with Gasteiger partial charge in [-0.1, -0.05) is 0 Å². The number of nitriles is 1. The topological polar surface area (TPSA) is 91.0 Å². The Kier molecular flexibility index (Phi) is 4.24. The predicted octanol–water partition coefficient (Wildman–Crippen LogP) is 1.10. The molecule has 1 aromatic carbocycles. The fraction of sp³-hybridized carbons (Fsp3) is 0.300. The summed E-state index contributed by atoms with van der Waals surface area (Å²) in [7, 11) is 1.82. The molecule has 0 unspecified atom stereocenters. The minimum atomic E-state index is -0.554. The molecule has 1 rings (SSSR count). The minimum Gasteiger partial charge on any atom is -0.384 e. The van der Waals surface area contributed by atoms with Crippen LogP contribution < -0.4 is 10.6 Å². The van der Waals surface area contributed by atoms with Crippen LogP contribution >= 0.6 is 0 Å². The van der Waals surface area contributed by atoms with Gasteiger partial charge in [-0.15, -0.1) is 0 Å². The molecule has 2 N–H and O–H groups in total. The highest BCUT2D eigenvalue weighted by atomic mass is 16.6. The Morgan fingerprint density at radius 2 is 2.25 bits per heavy atom. The summed E-state index contributed by atoms with van der Waals surface area (Å²) in [6, 6.07) is 6.26. The van der Waals surface area contributed by atoms with Crippen LogP contribution in [0.3, 0.4) is 0 Å². The molecule has 0 fully saturated rings. The average molecular weight is 220 g/mol. The summed E-state index contributed by atoms with van der Waals surface area (Å²) in [6.45, 7) is 1.42. The van der Waals surface area contributed by atoms with Gasteiger partial charge in [0, 0.05) is 24.8 Å². The summed E-state index contributed by atoms with van der Waals surface area (Å²) in [5, 5.41) is 25.3. The van der Waals surface area contributed by atoms with Gasteiger partial charge < -0.3 is 10.6 Å². The van der Waals surface area contributed by atoms with Crippen molar-refractivity contribution in [2.24, 2.45) is 0 Å². The molecule has 84 valence electrons. The molecule has 0 aliphatic heterocycles. The van der Waals surface area contributed by atoms with Crippen LogP contribution in [-0.2, 0) is 0 Å². The van der Waals surface area contributed by atoms with E-state index in [2.05, 4.69) is 10.6 Å². The van der Waals surface area contributed by atoms with Crippen molar-refractivity contribution in [2.45, 2.75) is 0 Å². The summed E-state index contributed by atoms with van der Waals surface area (Å²) in [5.41, 5.74) is 0.544. The number of nitrogens with one attached hydrogen (secondary N) is 2. The Bertz CT molecular complexity index is 425. The van der Waals surface area contributed by atoms with Crippen LogP contribution in [0.4, 0.5) is 11.4 Å². The first-order valence-electron chi connectivity index (χ1n) is 4.76. The largest absolute Gasteiger partial charge is 0.384 e. The van der Waals surface area contributed by atoms with E-state index < -0.39 is 4.92 Å². The molecular formula is C10H12N4O2. The van der Waals surface area contributed by atoms with Crippen LogP contribution in [0.25, 0.3) is 0 Å². The summed E-state index contributed by atoms with van der Waals surface area (Å²) in [5.74, 6) is 0. The molecule has 0 amide bonds. The van der Waals surface area contributed by atoms with E-state index in [0.717, 1.165) is 6.54 Å². The second-order valence-corrected chi connectivity index (χ2v) is 3.13. The third kappa shape index (κ3) is 2.93. The highest BCUT2D eigenvalue weighted by molar-refractivity contribution is 5.59. The lowest BCUT2D eigenvalue weighted by Gasteiger charge is -2.05. The predicted molar refractivity (Wildman–Crippen MR) is 60.2 cm³/mol. The first kappa shape index (κ1) is 11.9. The highest BCUT2D eigenvalue weighted by Crippen LogP contribution is 2.22. The van der Waals surface area contributed by atoms with E-state index in [9.17, 15) is 10.1 Å². The van der Waals surface area contributed by atoms with E-state index in [1.807, 2.05) is 7.05 Å². The zero-order valence-electron chi connectivity index (χ0n) is 8.86. The number of nitrogens with zero attached hydrogens (tertiary/aromatic N) is 2. The lowest BCUT2D eigenvalue weighted by molar-refractivity contribution is -0.385. The van der Waals surface area contributed by atoms with Gasteiger partial charge in [-0.3, -0.25) is 10.1 Å². The number of nitro benzene ring substituents is 1. The lowest BCUT2D eigenvalue weighted by atomic mass is 10.2. The van der Waals surface area contributed by atoms with Crippen LogP contribution in [0.1, 0.15) is 5.56 Å². The minimum absolute atomic E-state index is 0.0733. The van der Waals surface area contributed by atoms with Gasteiger partial charge in [0.15, 0.2) is 0 Å². The summed E-state index contributed by atoms with van der Waals surface area (Å²) in [4.78, 5) is 10.1. The van der Waals surface area contributed by atoms with Crippen LogP contribution in [0.2, 0.25) is 0 Å². The van der Waals surface area contributed by atoms with Gasteiger partial charge >= 0.3 is 0 Å². The van der Waals surface area contributed by atoms with E-state index in [1.165, 1.54) is 12.1 Å². The van der Waals surface area contributed by atoms with Crippen molar-refractivity contribution in [2.75, 3.05) is 25.5 Å².